The highest BCUT2D eigenvalue weighted by Crippen LogP contribution is 2.27. The lowest BCUT2D eigenvalue weighted by atomic mass is 10.1. The zero-order valence-corrected chi connectivity index (χ0v) is 11.4. The van der Waals surface area contributed by atoms with Crippen molar-refractivity contribution in [1.29, 1.82) is 0 Å². The summed E-state index contributed by atoms with van der Waals surface area (Å²) in [7, 11) is -3.37. The maximum absolute atomic E-state index is 12.4. The summed E-state index contributed by atoms with van der Waals surface area (Å²) in [5, 5.41) is 0. The third kappa shape index (κ3) is 2.93. The molecular weight excluding hydrogens is 246 g/mol. The molecule has 0 saturated heterocycles. The molecule has 0 aliphatic heterocycles. The highest BCUT2D eigenvalue weighted by molar-refractivity contribution is 7.89. The fraction of sp³-hybridized carbons (Fsp3) is 0.500. The van der Waals surface area contributed by atoms with Gasteiger partial charge in [-0.1, -0.05) is 31.0 Å². The zero-order valence-electron chi connectivity index (χ0n) is 10.6. The van der Waals surface area contributed by atoms with Crippen LogP contribution >= 0.6 is 0 Å². The van der Waals surface area contributed by atoms with Crippen LogP contribution in [0.5, 0.6) is 0 Å². The van der Waals surface area contributed by atoms with E-state index in [-0.39, 0.29) is 0 Å². The summed E-state index contributed by atoms with van der Waals surface area (Å²) in [5.74, 6) is 0.505. The van der Waals surface area contributed by atoms with Gasteiger partial charge in [0.2, 0.25) is 10.0 Å². The fourth-order valence-corrected chi connectivity index (χ4v) is 3.98. The van der Waals surface area contributed by atoms with Gasteiger partial charge in [-0.05, 0) is 37.8 Å². The van der Waals surface area contributed by atoms with Gasteiger partial charge in [-0.25, -0.2) is 8.42 Å². The van der Waals surface area contributed by atoms with Gasteiger partial charge in [-0.2, -0.15) is 4.31 Å². The molecule has 4 heteroatoms. The Balaban J connectivity index is 2.15. The molecule has 0 atom stereocenters. The number of benzene rings is 1. The van der Waals surface area contributed by atoms with E-state index in [0.29, 0.717) is 23.9 Å². The van der Waals surface area contributed by atoms with Crippen molar-refractivity contribution >= 4 is 10.0 Å². The third-order valence-corrected chi connectivity index (χ3v) is 5.45. The maximum Gasteiger partial charge on any atom is 0.243 e. The van der Waals surface area contributed by atoms with Crippen LogP contribution in [0.4, 0.5) is 0 Å². The molecule has 0 heterocycles. The summed E-state index contributed by atoms with van der Waals surface area (Å²) >= 11 is 0. The molecule has 0 spiro atoms. The molecule has 1 saturated carbocycles. The molecular formula is C14H20NO2S. The number of hydrogen-bond acceptors (Lipinski definition) is 2. The second-order valence-corrected chi connectivity index (χ2v) is 6.76. The highest BCUT2D eigenvalue weighted by Gasteiger charge is 2.26. The molecule has 2 rings (SSSR count). The Labute approximate surface area is 110 Å². The van der Waals surface area contributed by atoms with E-state index in [1.807, 2.05) is 6.07 Å². The number of nitrogens with zero attached hydrogens (tertiary/aromatic N) is 1. The molecule has 3 nitrogen and oxygen atoms in total. The van der Waals surface area contributed by atoms with Crippen molar-refractivity contribution < 1.29 is 8.42 Å². The van der Waals surface area contributed by atoms with Crippen LogP contribution in [0, 0.1) is 12.8 Å². The number of rotatable bonds is 5. The van der Waals surface area contributed by atoms with E-state index in [9.17, 15) is 8.42 Å². The van der Waals surface area contributed by atoms with Crippen LogP contribution < -0.4 is 0 Å². The SMILES string of the molecule is [CH2]CN(CC1CCCC1)S(=O)(=O)c1ccccc1. The third-order valence-electron chi connectivity index (χ3n) is 3.57. The minimum absolute atomic E-state index is 0.299. The fourth-order valence-electron chi connectivity index (χ4n) is 2.53. The Morgan fingerprint density at radius 1 is 1.17 bits per heavy atom. The van der Waals surface area contributed by atoms with Gasteiger partial charge in [0.1, 0.15) is 0 Å². The summed E-state index contributed by atoms with van der Waals surface area (Å²) in [4.78, 5) is 0.367. The molecule has 0 unspecified atom stereocenters. The average Bonchev–Trinajstić information content (AvgIpc) is 2.89. The molecule has 0 N–H and O–H groups in total. The van der Waals surface area contributed by atoms with E-state index in [1.54, 1.807) is 24.3 Å². The van der Waals surface area contributed by atoms with Crippen LogP contribution in [-0.4, -0.2) is 25.8 Å². The minimum Gasteiger partial charge on any atom is -0.207 e. The Kier molecular flexibility index (Phi) is 4.40. The molecule has 1 fully saturated rings. The lowest BCUT2D eigenvalue weighted by molar-refractivity contribution is 0.365. The first-order chi connectivity index (χ1) is 8.64. The summed E-state index contributed by atoms with van der Waals surface area (Å²) < 4.78 is 26.4. The lowest BCUT2D eigenvalue weighted by Crippen LogP contribution is -2.34. The molecule has 0 bridgehead atoms. The standard InChI is InChI=1S/C14H20NO2S/c1-2-15(12-13-8-6-7-9-13)18(16,17)14-10-4-3-5-11-14/h3-5,10-11,13H,1-2,6-9,12H2. The van der Waals surface area contributed by atoms with E-state index >= 15 is 0 Å². The van der Waals surface area contributed by atoms with Crippen LogP contribution in [0.3, 0.4) is 0 Å². The molecule has 1 aliphatic rings. The van der Waals surface area contributed by atoms with Crippen LogP contribution in [0.2, 0.25) is 0 Å². The summed E-state index contributed by atoms with van der Waals surface area (Å²) in [6, 6.07) is 8.62. The van der Waals surface area contributed by atoms with E-state index in [0.717, 1.165) is 12.8 Å². The molecule has 1 aromatic carbocycles. The lowest BCUT2D eigenvalue weighted by Gasteiger charge is -2.23. The number of hydrogen-bond donors (Lipinski definition) is 0. The van der Waals surface area contributed by atoms with Crippen LogP contribution in [0.15, 0.2) is 35.2 Å². The first-order valence-corrected chi connectivity index (χ1v) is 7.93. The van der Waals surface area contributed by atoms with Gasteiger partial charge in [-0.15, -0.1) is 0 Å². The smallest absolute Gasteiger partial charge is 0.207 e. The monoisotopic (exact) mass is 266 g/mol. The molecule has 1 aliphatic carbocycles. The van der Waals surface area contributed by atoms with Gasteiger partial charge < -0.3 is 0 Å². The van der Waals surface area contributed by atoms with Crippen molar-refractivity contribution in [3.05, 3.63) is 37.3 Å². The predicted octanol–water partition coefficient (Wildman–Crippen LogP) is 2.70. The minimum atomic E-state index is -3.37. The summed E-state index contributed by atoms with van der Waals surface area (Å²) in [6.45, 7) is 4.68. The quantitative estimate of drug-likeness (QED) is 0.821. The zero-order chi connectivity index (χ0) is 13.0. The topological polar surface area (TPSA) is 37.4 Å². The number of sulfonamides is 1. The van der Waals surface area contributed by atoms with Crippen LogP contribution in [0.25, 0.3) is 0 Å². The van der Waals surface area contributed by atoms with Crippen molar-refractivity contribution in [2.24, 2.45) is 5.92 Å². The largest absolute Gasteiger partial charge is 0.243 e. The molecule has 99 valence electrons. The Bertz CT molecular complexity index is 464. The highest BCUT2D eigenvalue weighted by atomic mass is 32.2. The molecule has 0 amide bonds. The van der Waals surface area contributed by atoms with Crippen molar-refractivity contribution in [1.82, 2.24) is 4.31 Å². The van der Waals surface area contributed by atoms with Gasteiger partial charge in [0.15, 0.2) is 0 Å². The summed E-state index contributed by atoms with van der Waals surface area (Å²) in [5.41, 5.74) is 0. The molecule has 1 radical (unpaired) electrons. The second kappa shape index (κ2) is 5.85. The van der Waals surface area contributed by atoms with Crippen molar-refractivity contribution in [2.45, 2.75) is 30.6 Å². The normalized spacial score (nSPS) is 17.4. The predicted molar refractivity (Wildman–Crippen MR) is 72.5 cm³/mol. The van der Waals surface area contributed by atoms with Crippen molar-refractivity contribution in [3.8, 4) is 0 Å². The molecule has 0 aromatic heterocycles. The van der Waals surface area contributed by atoms with Crippen LogP contribution in [-0.2, 0) is 10.0 Å². The Morgan fingerprint density at radius 3 is 2.33 bits per heavy atom. The van der Waals surface area contributed by atoms with Crippen molar-refractivity contribution in [3.63, 3.8) is 0 Å². The van der Waals surface area contributed by atoms with Gasteiger partial charge in [-0.3, -0.25) is 0 Å². The van der Waals surface area contributed by atoms with Gasteiger partial charge in [0.25, 0.3) is 0 Å². The molecule has 18 heavy (non-hydrogen) atoms. The maximum atomic E-state index is 12.4. The van der Waals surface area contributed by atoms with E-state index in [2.05, 4.69) is 6.92 Å². The van der Waals surface area contributed by atoms with Gasteiger partial charge >= 0.3 is 0 Å². The van der Waals surface area contributed by atoms with E-state index in [1.165, 1.54) is 17.1 Å². The van der Waals surface area contributed by atoms with Crippen LogP contribution in [0.1, 0.15) is 25.7 Å². The second-order valence-electron chi connectivity index (χ2n) is 4.83. The van der Waals surface area contributed by atoms with Gasteiger partial charge in [0, 0.05) is 13.1 Å². The Morgan fingerprint density at radius 2 is 1.78 bits per heavy atom. The summed E-state index contributed by atoms with van der Waals surface area (Å²) in [6.07, 6.45) is 4.73. The molecule has 1 aromatic rings. The van der Waals surface area contributed by atoms with E-state index < -0.39 is 10.0 Å². The average molecular weight is 266 g/mol. The first-order valence-electron chi connectivity index (χ1n) is 6.49. The Hall–Kier alpha value is -0.870. The van der Waals surface area contributed by atoms with Gasteiger partial charge in [0.05, 0.1) is 4.90 Å². The van der Waals surface area contributed by atoms with E-state index in [4.69, 9.17) is 0 Å². The van der Waals surface area contributed by atoms with Crippen molar-refractivity contribution in [2.75, 3.05) is 13.1 Å². The first kappa shape index (κ1) is 13.6.